The van der Waals surface area contributed by atoms with E-state index in [0.29, 0.717) is 5.56 Å². The number of nitrogens with one attached hydrogen (secondary N) is 1. The van der Waals surface area contributed by atoms with E-state index in [9.17, 15) is 9.18 Å². The standard InChI is InChI=1S/C18H19FN2O2/c1-12-4-5-13(2)18(14(12)3)23-11-17(22)21-20-10-15-6-8-16(19)9-7-15/h4-10H,11H2,1-3H3,(H,21,22). The third-order valence-electron chi connectivity index (χ3n) is 3.49. The summed E-state index contributed by atoms with van der Waals surface area (Å²) in [7, 11) is 0. The summed E-state index contributed by atoms with van der Waals surface area (Å²) in [4.78, 5) is 11.8. The number of hydrogen-bond donors (Lipinski definition) is 1. The van der Waals surface area contributed by atoms with E-state index in [2.05, 4.69) is 10.5 Å². The van der Waals surface area contributed by atoms with Crippen LogP contribution in [0.2, 0.25) is 0 Å². The highest BCUT2D eigenvalue weighted by atomic mass is 19.1. The highest BCUT2D eigenvalue weighted by Crippen LogP contribution is 2.25. The Balaban J connectivity index is 1.88. The van der Waals surface area contributed by atoms with E-state index in [1.807, 2.05) is 32.9 Å². The van der Waals surface area contributed by atoms with E-state index < -0.39 is 0 Å². The van der Waals surface area contributed by atoms with E-state index in [1.54, 1.807) is 12.1 Å². The molecule has 0 aliphatic carbocycles. The van der Waals surface area contributed by atoms with Crippen molar-refractivity contribution >= 4 is 12.1 Å². The molecule has 0 saturated heterocycles. The number of amides is 1. The van der Waals surface area contributed by atoms with Gasteiger partial charge in [0.1, 0.15) is 11.6 Å². The molecule has 0 saturated carbocycles. The lowest BCUT2D eigenvalue weighted by Gasteiger charge is -2.13. The smallest absolute Gasteiger partial charge is 0.277 e. The number of hydrazone groups is 1. The Morgan fingerprint density at radius 1 is 1.13 bits per heavy atom. The Morgan fingerprint density at radius 2 is 1.78 bits per heavy atom. The number of carbonyl (C=O) groups excluding carboxylic acids is 1. The van der Waals surface area contributed by atoms with E-state index in [0.717, 1.165) is 22.4 Å². The van der Waals surface area contributed by atoms with Gasteiger partial charge in [-0.25, -0.2) is 9.82 Å². The van der Waals surface area contributed by atoms with Gasteiger partial charge in [-0.05, 0) is 55.2 Å². The van der Waals surface area contributed by atoms with E-state index in [-0.39, 0.29) is 18.3 Å². The van der Waals surface area contributed by atoms with E-state index >= 15 is 0 Å². The Hall–Kier alpha value is -2.69. The molecule has 1 N–H and O–H groups in total. The zero-order valence-electron chi connectivity index (χ0n) is 13.4. The average molecular weight is 314 g/mol. The van der Waals surface area contributed by atoms with Gasteiger partial charge in [-0.2, -0.15) is 5.10 Å². The number of ether oxygens (including phenoxy) is 1. The highest BCUT2D eigenvalue weighted by molar-refractivity contribution is 5.82. The molecule has 0 radical (unpaired) electrons. The lowest BCUT2D eigenvalue weighted by Crippen LogP contribution is -2.25. The molecule has 0 unspecified atom stereocenters. The van der Waals surface area contributed by atoms with Gasteiger partial charge in [0.25, 0.3) is 5.91 Å². The number of aryl methyl sites for hydroxylation is 2. The second kappa shape index (κ2) is 7.54. The van der Waals surface area contributed by atoms with Crippen molar-refractivity contribution in [3.05, 3.63) is 64.5 Å². The van der Waals surface area contributed by atoms with Crippen molar-refractivity contribution < 1.29 is 13.9 Å². The number of hydrogen-bond acceptors (Lipinski definition) is 3. The van der Waals surface area contributed by atoms with E-state index in [1.165, 1.54) is 18.3 Å². The van der Waals surface area contributed by atoms with Crippen molar-refractivity contribution in [1.82, 2.24) is 5.43 Å². The second-order valence-corrected chi connectivity index (χ2v) is 5.29. The van der Waals surface area contributed by atoms with Crippen molar-refractivity contribution in [2.24, 2.45) is 5.10 Å². The van der Waals surface area contributed by atoms with Gasteiger partial charge in [-0.3, -0.25) is 4.79 Å². The van der Waals surface area contributed by atoms with Crippen LogP contribution in [0.1, 0.15) is 22.3 Å². The quantitative estimate of drug-likeness (QED) is 0.680. The summed E-state index contributed by atoms with van der Waals surface area (Å²) in [5.74, 6) is 0.0508. The molecule has 4 nitrogen and oxygen atoms in total. The number of carbonyl (C=O) groups is 1. The number of nitrogens with zero attached hydrogens (tertiary/aromatic N) is 1. The summed E-state index contributed by atoms with van der Waals surface area (Å²) in [6.45, 7) is 5.77. The molecule has 0 bridgehead atoms. The fraction of sp³-hybridized carbons (Fsp3) is 0.222. The van der Waals surface area contributed by atoms with Crippen LogP contribution in [0, 0.1) is 26.6 Å². The lowest BCUT2D eigenvalue weighted by atomic mass is 10.1. The lowest BCUT2D eigenvalue weighted by molar-refractivity contribution is -0.123. The summed E-state index contributed by atoms with van der Waals surface area (Å²) in [6.07, 6.45) is 1.44. The van der Waals surface area contributed by atoms with Crippen molar-refractivity contribution in [3.63, 3.8) is 0 Å². The molecule has 0 aliphatic rings. The van der Waals surface area contributed by atoms with Gasteiger partial charge in [0, 0.05) is 0 Å². The van der Waals surface area contributed by atoms with Crippen molar-refractivity contribution in [2.45, 2.75) is 20.8 Å². The molecular formula is C18H19FN2O2. The first-order valence-electron chi connectivity index (χ1n) is 7.24. The van der Waals surface area contributed by atoms with Crippen LogP contribution in [-0.2, 0) is 4.79 Å². The summed E-state index contributed by atoms with van der Waals surface area (Å²) in [6, 6.07) is 9.78. The van der Waals surface area contributed by atoms with Gasteiger partial charge in [-0.1, -0.05) is 24.3 Å². The Morgan fingerprint density at radius 3 is 2.48 bits per heavy atom. The SMILES string of the molecule is Cc1ccc(C)c(OCC(=O)NN=Cc2ccc(F)cc2)c1C. The molecule has 2 aromatic carbocycles. The number of halogens is 1. The third-order valence-corrected chi connectivity index (χ3v) is 3.49. The first-order valence-corrected chi connectivity index (χ1v) is 7.24. The maximum Gasteiger partial charge on any atom is 0.277 e. The maximum absolute atomic E-state index is 12.8. The zero-order chi connectivity index (χ0) is 16.8. The van der Waals surface area contributed by atoms with Gasteiger partial charge in [0.05, 0.1) is 6.21 Å². The van der Waals surface area contributed by atoms with Crippen LogP contribution in [0.15, 0.2) is 41.5 Å². The Kier molecular flexibility index (Phi) is 5.46. The van der Waals surface area contributed by atoms with Crippen LogP contribution in [0.4, 0.5) is 4.39 Å². The first kappa shape index (κ1) is 16.7. The average Bonchev–Trinajstić information content (AvgIpc) is 2.53. The Bertz CT molecular complexity index is 725. The molecule has 0 spiro atoms. The fourth-order valence-corrected chi connectivity index (χ4v) is 2.05. The van der Waals surface area contributed by atoms with Crippen molar-refractivity contribution in [3.8, 4) is 5.75 Å². The summed E-state index contributed by atoms with van der Waals surface area (Å²) in [5.41, 5.74) is 6.19. The number of rotatable bonds is 5. The molecule has 2 aromatic rings. The van der Waals surface area contributed by atoms with Crippen molar-refractivity contribution in [2.75, 3.05) is 6.61 Å². The largest absolute Gasteiger partial charge is 0.483 e. The molecule has 2 rings (SSSR count). The fourth-order valence-electron chi connectivity index (χ4n) is 2.05. The normalized spacial score (nSPS) is 10.8. The predicted molar refractivity (Wildman–Crippen MR) is 88.3 cm³/mol. The zero-order valence-corrected chi connectivity index (χ0v) is 13.4. The minimum atomic E-state index is -0.358. The summed E-state index contributed by atoms with van der Waals surface area (Å²) in [5, 5.41) is 3.82. The van der Waals surface area contributed by atoms with Crippen LogP contribution >= 0.6 is 0 Å². The maximum atomic E-state index is 12.8. The summed E-state index contributed by atoms with van der Waals surface area (Å²) >= 11 is 0. The van der Waals surface area contributed by atoms with Crippen molar-refractivity contribution in [1.29, 1.82) is 0 Å². The monoisotopic (exact) mass is 314 g/mol. The third kappa shape index (κ3) is 4.64. The van der Waals surface area contributed by atoms with Gasteiger partial charge < -0.3 is 4.74 Å². The topological polar surface area (TPSA) is 50.7 Å². The molecule has 0 aromatic heterocycles. The number of benzene rings is 2. The second-order valence-electron chi connectivity index (χ2n) is 5.29. The van der Waals surface area contributed by atoms with Gasteiger partial charge >= 0.3 is 0 Å². The summed E-state index contributed by atoms with van der Waals surface area (Å²) < 4.78 is 18.4. The molecule has 0 heterocycles. The van der Waals surface area contributed by atoms with Crippen LogP contribution < -0.4 is 10.2 Å². The van der Waals surface area contributed by atoms with Gasteiger partial charge in [-0.15, -0.1) is 0 Å². The first-order chi connectivity index (χ1) is 11.0. The van der Waals surface area contributed by atoms with E-state index in [4.69, 9.17) is 4.74 Å². The predicted octanol–water partition coefficient (Wildman–Crippen LogP) is 3.28. The molecule has 1 amide bonds. The molecule has 0 atom stereocenters. The van der Waals surface area contributed by atoms with Gasteiger partial charge in [0.2, 0.25) is 0 Å². The van der Waals surface area contributed by atoms with Crippen LogP contribution in [-0.4, -0.2) is 18.7 Å². The molecule has 5 heteroatoms. The molecule has 23 heavy (non-hydrogen) atoms. The highest BCUT2D eigenvalue weighted by Gasteiger charge is 2.08. The molecule has 0 fully saturated rings. The molecule has 0 aliphatic heterocycles. The minimum absolute atomic E-state index is 0.119. The molecule has 120 valence electrons. The molecular weight excluding hydrogens is 295 g/mol. The van der Waals surface area contributed by atoms with Gasteiger partial charge in [0.15, 0.2) is 6.61 Å². The Labute approximate surface area is 135 Å². The van der Waals surface area contributed by atoms with Crippen LogP contribution in [0.3, 0.4) is 0 Å². The van der Waals surface area contributed by atoms with Crippen LogP contribution in [0.5, 0.6) is 5.75 Å². The minimum Gasteiger partial charge on any atom is -0.483 e. The van der Waals surface area contributed by atoms with Crippen LogP contribution in [0.25, 0.3) is 0 Å².